The van der Waals surface area contributed by atoms with Crippen molar-refractivity contribution in [3.8, 4) is 28.6 Å². The van der Waals surface area contributed by atoms with E-state index < -0.39 is 0 Å². The summed E-state index contributed by atoms with van der Waals surface area (Å²) in [6.07, 6.45) is 0. The number of hydrogen-bond acceptors (Lipinski definition) is 2. The number of rotatable bonds is 3. The van der Waals surface area contributed by atoms with Gasteiger partial charge >= 0.3 is 0 Å². The Balaban J connectivity index is 1.27. The minimum atomic E-state index is 0.623. The zero-order chi connectivity index (χ0) is 31.1. The van der Waals surface area contributed by atoms with Gasteiger partial charge in [0.15, 0.2) is 0 Å². The van der Waals surface area contributed by atoms with Crippen LogP contribution in [-0.4, -0.2) is 9.13 Å². The molecule has 0 aliphatic heterocycles. The number of hydrogen-bond donors (Lipinski definition) is 0. The topological polar surface area (TPSA) is 46.8 Å². The lowest BCUT2D eigenvalue weighted by Gasteiger charge is -2.17. The molecule has 0 fully saturated rings. The fourth-order valence-electron chi connectivity index (χ4n) is 7.62. The van der Waals surface area contributed by atoms with Crippen molar-refractivity contribution >= 4 is 65.6 Å². The van der Waals surface area contributed by atoms with Gasteiger partial charge in [-0.05, 0) is 66.2 Å². The molecule has 0 N–H and O–H groups in total. The van der Waals surface area contributed by atoms with Crippen LogP contribution in [0.1, 0.15) is 5.56 Å². The second-order valence-corrected chi connectivity index (χ2v) is 12.0. The predicted octanol–water partition coefficient (Wildman–Crippen LogP) is 11.3. The molecule has 10 rings (SSSR count). The number of para-hydroxylation sites is 4. The van der Waals surface area contributed by atoms with Crippen molar-refractivity contribution < 1.29 is 4.42 Å². The highest BCUT2D eigenvalue weighted by atomic mass is 16.3. The zero-order valence-electron chi connectivity index (χ0n) is 25.2. The van der Waals surface area contributed by atoms with Crippen molar-refractivity contribution in [2.75, 3.05) is 0 Å². The summed E-state index contributed by atoms with van der Waals surface area (Å²) < 4.78 is 11.2. The smallest absolute Gasteiger partial charge is 0.145 e. The van der Waals surface area contributed by atoms with Crippen LogP contribution in [0.3, 0.4) is 0 Å². The normalized spacial score (nSPS) is 11.8. The van der Waals surface area contributed by atoms with Gasteiger partial charge in [0.1, 0.15) is 11.2 Å². The first-order valence-electron chi connectivity index (χ1n) is 15.8. The maximum atomic E-state index is 10.5. The monoisotopic (exact) mass is 599 g/mol. The highest BCUT2D eigenvalue weighted by molar-refractivity contribution is 6.24. The van der Waals surface area contributed by atoms with Gasteiger partial charge in [-0.25, -0.2) is 0 Å². The van der Waals surface area contributed by atoms with Gasteiger partial charge in [0, 0.05) is 38.2 Å². The number of fused-ring (bicyclic) bond motifs is 10. The largest absolute Gasteiger partial charge is 0.455 e. The molecule has 3 aromatic heterocycles. The van der Waals surface area contributed by atoms with Crippen molar-refractivity contribution in [3.05, 3.63) is 157 Å². The summed E-state index contributed by atoms with van der Waals surface area (Å²) in [6.45, 7) is 0. The third-order valence-corrected chi connectivity index (χ3v) is 9.56. The van der Waals surface area contributed by atoms with Crippen LogP contribution in [0.4, 0.5) is 0 Å². The van der Waals surface area contributed by atoms with Crippen LogP contribution in [0.15, 0.2) is 156 Å². The van der Waals surface area contributed by atoms with E-state index in [2.05, 4.69) is 143 Å². The summed E-state index contributed by atoms with van der Waals surface area (Å²) in [7, 11) is 0. The van der Waals surface area contributed by atoms with Gasteiger partial charge < -0.3 is 13.6 Å². The van der Waals surface area contributed by atoms with E-state index in [1.54, 1.807) is 0 Å². The second kappa shape index (κ2) is 9.71. The molecule has 0 amide bonds. The number of benzene rings is 7. The van der Waals surface area contributed by atoms with E-state index in [9.17, 15) is 5.26 Å². The molecule has 0 bridgehead atoms. The number of aromatic nitrogens is 2. The van der Waals surface area contributed by atoms with Crippen LogP contribution in [0, 0.1) is 11.3 Å². The van der Waals surface area contributed by atoms with Gasteiger partial charge in [-0.3, -0.25) is 0 Å². The molecule has 4 heteroatoms. The fourth-order valence-corrected chi connectivity index (χ4v) is 7.62. The second-order valence-electron chi connectivity index (χ2n) is 12.0. The molecule has 0 saturated carbocycles. The minimum Gasteiger partial charge on any atom is -0.455 e. The van der Waals surface area contributed by atoms with E-state index in [4.69, 9.17) is 4.42 Å². The maximum absolute atomic E-state index is 10.5. The molecule has 0 aliphatic rings. The Bertz CT molecular complexity index is 2880. The highest BCUT2D eigenvalue weighted by Crippen LogP contribution is 2.43. The number of furan rings is 1. The van der Waals surface area contributed by atoms with E-state index in [0.717, 1.165) is 77.3 Å². The minimum absolute atomic E-state index is 0.623. The Labute approximate surface area is 269 Å². The molecule has 0 radical (unpaired) electrons. The summed E-state index contributed by atoms with van der Waals surface area (Å²) in [5.41, 5.74) is 10.6. The van der Waals surface area contributed by atoms with Gasteiger partial charge in [-0.2, -0.15) is 5.26 Å². The average Bonchev–Trinajstić information content (AvgIpc) is 3.79. The lowest BCUT2D eigenvalue weighted by molar-refractivity contribution is 0.673. The Morgan fingerprint density at radius 3 is 1.87 bits per heavy atom. The molecule has 218 valence electrons. The van der Waals surface area contributed by atoms with E-state index in [1.165, 1.54) is 10.8 Å². The van der Waals surface area contributed by atoms with E-state index in [0.29, 0.717) is 5.56 Å². The lowest BCUT2D eigenvalue weighted by Crippen LogP contribution is -2.00. The Hall–Kier alpha value is -6.57. The van der Waals surface area contributed by atoms with E-state index in [1.807, 2.05) is 24.3 Å². The molecule has 0 atom stereocenters. The quantitative estimate of drug-likeness (QED) is 0.203. The van der Waals surface area contributed by atoms with Gasteiger partial charge in [-0.15, -0.1) is 0 Å². The van der Waals surface area contributed by atoms with Crippen molar-refractivity contribution in [3.63, 3.8) is 0 Å². The summed E-state index contributed by atoms with van der Waals surface area (Å²) in [5.74, 6) is 0. The molecule has 47 heavy (non-hydrogen) atoms. The van der Waals surface area contributed by atoms with Gasteiger partial charge in [0.2, 0.25) is 0 Å². The third kappa shape index (κ3) is 3.57. The molecular formula is C43H25N3O. The first kappa shape index (κ1) is 25.7. The number of nitrogens with zero attached hydrogens (tertiary/aromatic N) is 3. The number of nitriles is 1. The zero-order valence-corrected chi connectivity index (χ0v) is 25.2. The first-order chi connectivity index (χ1) is 23.3. The summed E-state index contributed by atoms with van der Waals surface area (Å²) in [5, 5.41) is 17.3. The first-order valence-corrected chi connectivity index (χ1v) is 15.8. The van der Waals surface area contributed by atoms with Crippen LogP contribution in [0.2, 0.25) is 0 Å². The average molecular weight is 600 g/mol. The predicted molar refractivity (Wildman–Crippen MR) is 193 cm³/mol. The standard InChI is InChI=1S/C43H25N3O/c44-26-28-12-10-21-38(41(28)27-11-9-13-29(25-27)45-35-18-5-1-14-30(35)31-15-2-6-19-36(31)45)46-37-20-7-3-17-34(37)42-39(46)24-23-33-32-16-4-8-22-40(32)47-43(33)42/h1-25H. The van der Waals surface area contributed by atoms with E-state index >= 15 is 0 Å². The SMILES string of the molecule is N#Cc1cccc(-n2c3ccccc3c3c4oc5ccccc5c4ccc32)c1-c1cccc(-n2c3ccccc3c3ccccc32)c1. The van der Waals surface area contributed by atoms with Crippen LogP contribution in [-0.2, 0) is 0 Å². The fraction of sp³-hybridized carbons (Fsp3) is 0. The Morgan fingerprint density at radius 1 is 0.489 bits per heavy atom. The maximum Gasteiger partial charge on any atom is 0.145 e. The Morgan fingerprint density at radius 2 is 1.13 bits per heavy atom. The van der Waals surface area contributed by atoms with Gasteiger partial charge in [0.25, 0.3) is 0 Å². The van der Waals surface area contributed by atoms with Gasteiger partial charge in [-0.1, -0.05) is 91.0 Å². The van der Waals surface area contributed by atoms with Crippen molar-refractivity contribution in [1.29, 1.82) is 5.26 Å². The highest BCUT2D eigenvalue weighted by Gasteiger charge is 2.22. The van der Waals surface area contributed by atoms with E-state index in [-0.39, 0.29) is 0 Å². The molecule has 10 aromatic rings. The lowest BCUT2D eigenvalue weighted by atomic mass is 9.97. The summed E-state index contributed by atoms with van der Waals surface area (Å²) in [4.78, 5) is 0. The Kier molecular flexibility index (Phi) is 5.32. The molecule has 0 saturated heterocycles. The van der Waals surface area contributed by atoms with Crippen molar-refractivity contribution in [2.45, 2.75) is 0 Å². The van der Waals surface area contributed by atoms with Crippen molar-refractivity contribution in [1.82, 2.24) is 9.13 Å². The molecule has 4 nitrogen and oxygen atoms in total. The molecule has 3 heterocycles. The molecule has 0 unspecified atom stereocenters. The summed E-state index contributed by atoms with van der Waals surface area (Å²) >= 11 is 0. The summed E-state index contributed by atoms with van der Waals surface area (Å²) in [6, 6.07) is 55.2. The molecule has 7 aromatic carbocycles. The molecule has 0 spiro atoms. The molecular weight excluding hydrogens is 574 g/mol. The van der Waals surface area contributed by atoms with Crippen LogP contribution in [0.25, 0.3) is 88.1 Å². The van der Waals surface area contributed by atoms with Crippen molar-refractivity contribution in [2.24, 2.45) is 0 Å². The molecule has 0 aliphatic carbocycles. The van der Waals surface area contributed by atoms with Gasteiger partial charge in [0.05, 0.1) is 44.8 Å². The van der Waals surface area contributed by atoms with Crippen LogP contribution in [0.5, 0.6) is 0 Å². The van der Waals surface area contributed by atoms with Crippen LogP contribution >= 0.6 is 0 Å². The third-order valence-electron chi connectivity index (χ3n) is 9.56. The van der Waals surface area contributed by atoms with Crippen LogP contribution < -0.4 is 0 Å².